The van der Waals surface area contributed by atoms with Crippen LogP contribution in [0.3, 0.4) is 0 Å². The van der Waals surface area contributed by atoms with E-state index in [1.807, 2.05) is 6.07 Å². The van der Waals surface area contributed by atoms with Gasteiger partial charge in [0.1, 0.15) is 23.9 Å². The van der Waals surface area contributed by atoms with Crippen LogP contribution in [0.2, 0.25) is 0 Å². The van der Waals surface area contributed by atoms with E-state index in [0.717, 1.165) is 64.2 Å². The van der Waals surface area contributed by atoms with Gasteiger partial charge in [-0.15, -0.1) is 0 Å². The monoisotopic (exact) mass is 593 g/mol. The van der Waals surface area contributed by atoms with Crippen molar-refractivity contribution in [2.45, 2.75) is 57.4 Å². The highest BCUT2D eigenvalue weighted by molar-refractivity contribution is 5.97. The number of anilines is 2. The lowest BCUT2D eigenvalue weighted by molar-refractivity contribution is -0.123. The van der Waals surface area contributed by atoms with Gasteiger partial charge >= 0.3 is 0 Å². The molecular formula is C33H38F3N5O2. The Morgan fingerprint density at radius 2 is 1.70 bits per heavy atom. The summed E-state index contributed by atoms with van der Waals surface area (Å²) in [5.41, 5.74) is 1.62. The molecule has 2 aromatic carbocycles. The van der Waals surface area contributed by atoms with Crippen molar-refractivity contribution in [1.82, 2.24) is 14.9 Å². The number of aromatic nitrogens is 2. The van der Waals surface area contributed by atoms with Crippen molar-refractivity contribution in [2.75, 3.05) is 50.1 Å². The van der Waals surface area contributed by atoms with Crippen molar-refractivity contribution in [3.63, 3.8) is 0 Å². The Kier molecular flexibility index (Phi) is 8.56. The van der Waals surface area contributed by atoms with Crippen LogP contribution in [-0.2, 0) is 11.2 Å². The number of nitrogens with zero attached hydrogens (tertiary/aromatic N) is 5. The molecule has 3 aromatic rings. The summed E-state index contributed by atoms with van der Waals surface area (Å²) in [5.74, 6) is -1.59. The maximum atomic E-state index is 15.3. The quantitative estimate of drug-likeness (QED) is 0.350. The summed E-state index contributed by atoms with van der Waals surface area (Å²) >= 11 is 0. The zero-order valence-corrected chi connectivity index (χ0v) is 24.8. The number of amides is 1. The maximum Gasteiger partial charge on any atom is 0.230 e. The van der Waals surface area contributed by atoms with E-state index in [9.17, 15) is 4.79 Å². The second-order valence-electron chi connectivity index (χ2n) is 12.1. The molecule has 0 radical (unpaired) electrons. The zero-order valence-electron chi connectivity index (χ0n) is 24.8. The molecule has 1 amide bonds. The molecule has 10 heteroatoms. The van der Waals surface area contributed by atoms with Crippen molar-refractivity contribution in [1.29, 1.82) is 0 Å². The van der Waals surface area contributed by atoms with Gasteiger partial charge in [-0.25, -0.2) is 23.1 Å². The fraction of sp³-hybridized carbons (Fsp3) is 0.485. The third-order valence-electron chi connectivity index (χ3n) is 9.07. The van der Waals surface area contributed by atoms with Gasteiger partial charge < -0.3 is 19.4 Å². The Morgan fingerprint density at radius 1 is 0.930 bits per heavy atom. The van der Waals surface area contributed by atoms with E-state index in [1.54, 1.807) is 17.0 Å². The SMILES string of the molecule is CN(C)C1CCN(c2ccc(Cc3ncc(F)c(-c4cc(F)c5c(c4)N(C(=O)C4CCCCC4)CCO5)n3)cc2F)CC1. The molecule has 7 nitrogen and oxygen atoms in total. The first kappa shape index (κ1) is 29.4. The molecule has 0 atom stereocenters. The minimum atomic E-state index is -0.715. The minimum Gasteiger partial charge on any atom is -0.486 e. The number of fused-ring (bicyclic) bond motifs is 1. The molecule has 0 spiro atoms. The smallest absolute Gasteiger partial charge is 0.230 e. The lowest BCUT2D eigenvalue weighted by Crippen LogP contribution is -2.42. The molecule has 6 rings (SSSR count). The number of ether oxygens (including phenoxy) is 1. The highest BCUT2D eigenvalue weighted by atomic mass is 19.1. The van der Waals surface area contributed by atoms with Crippen LogP contribution in [0.25, 0.3) is 11.3 Å². The molecule has 2 aliphatic heterocycles. The van der Waals surface area contributed by atoms with Crippen molar-refractivity contribution in [2.24, 2.45) is 5.92 Å². The number of halogens is 3. The Bertz CT molecular complexity index is 1490. The molecule has 0 bridgehead atoms. The number of carbonyl (C=O) groups excluding carboxylic acids is 1. The third kappa shape index (κ3) is 6.20. The van der Waals surface area contributed by atoms with Crippen molar-refractivity contribution < 1.29 is 22.7 Å². The summed E-state index contributed by atoms with van der Waals surface area (Å²) in [6.45, 7) is 2.07. The second-order valence-corrected chi connectivity index (χ2v) is 12.1. The van der Waals surface area contributed by atoms with Gasteiger partial charge in [0, 0.05) is 37.0 Å². The van der Waals surface area contributed by atoms with E-state index in [4.69, 9.17) is 4.74 Å². The molecule has 3 heterocycles. The number of carbonyl (C=O) groups is 1. The summed E-state index contributed by atoms with van der Waals surface area (Å²) in [5, 5.41) is 0. The van der Waals surface area contributed by atoms with Crippen LogP contribution in [0.1, 0.15) is 56.3 Å². The van der Waals surface area contributed by atoms with Crippen molar-refractivity contribution in [3.8, 4) is 17.0 Å². The van der Waals surface area contributed by atoms with E-state index in [0.29, 0.717) is 29.5 Å². The lowest BCUT2D eigenvalue weighted by Gasteiger charge is -2.36. The van der Waals surface area contributed by atoms with Crippen LogP contribution in [0.5, 0.6) is 5.75 Å². The largest absolute Gasteiger partial charge is 0.486 e. The summed E-state index contributed by atoms with van der Waals surface area (Å²) in [7, 11) is 4.14. The number of benzene rings is 2. The Hall–Kier alpha value is -3.66. The molecule has 0 N–H and O–H groups in total. The highest BCUT2D eigenvalue weighted by Gasteiger charge is 2.32. The molecule has 1 saturated carbocycles. The fourth-order valence-electron chi connectivity index (χ4n) is 6.63. The van der Waals surface area contributed by atoms with E-state index >= 15 is 13.2 Å². The molecule has 1 aliphatic carbocycles. The van der Waals surface area contributed by atoms with Gasteiger partial charge in [-0.05, 0) is 69.6 Å². The number of piperidine rings is 1. The van der Waals surface area contributed by atoms with Crippen LogP contribution in [-0.4, -0.2) is 67.2 Å². The standard InChI is InChI=1S/C33H38F3N5O2/c1-39(2)24-10-12-40(13-11-24)28-9-8-21(16-25(28)34)17-30-37-20-27(36)31(38-30)23-18-26(35)32-29(19-23)41(14-15-43-32)33(42)22-6-4-3-5-7-22/h8-9,16,18-20,22,24H,3-7,10-15,17H2,1-2H3. The normalized spacial score (nSPS) is 18.1. The molecule has 1 saturated heterocycles. The first-order valence-electron chi connectivity index (χ1n) is 15.3. The highest BCUT2D eigenvalue weighted by Crippen LogP contribution is 2.40. The van der Waals surface area contributed by atoms with Crippen molar-refractivity contribution >= 4 is 17.3 Å². The van der Waals surface area contributed by atoms with Gasteiger partial charge in [-0.1, -0.05) is 25.3 Å². The molecule has 3 aliphatic rings. The van der Waals surface area contributed by atoms with Crippen molar-refractivity contribution in [3.05, 3.63) is 65.4 Å². The topological polar surface area (TPSA) is 61.8 Å². The molecule has 0 unspecified atom stereocenters. The average molecular weight is 594 g/mol. The van der Waals surface area contributed by atoms with Gasteiger partial charge in [0.25, 0.3) is 0 Å². The van der Waals surface area contributed by atoms with Crippen LogP contribution in [0.4, 0.5) is 24.5 Å². The number of hydrogen-bond acceptors (Lipinski definition) is 6. The van der Waals surface area contributed by atoms with Gasteiger partial charge in [0.2, 0.25) is 5.91 Å². The third-order valence-corrected chi connectivity index (χ3v) is 9.07. The zero-order chi connectivity index (χ0) is 30.1. The minimum absolute atomic E-state index is 0.00430. The van der Waals surface area contributed by atoms with Crippen LogP contribution in [0, 0.1) is 23.4 Å². The number of rotatable bonds is 6. The van der Waals surface area contributed by atoms with Crippen LogP contribution >= 0.6 is 0 Å². The summed E-state index contributed by atoms with van der Waals surface area (Å²) < 4.78 is 51.2. The summed E-state index contributed by atoms with van der Waals surface area (Å²) in [4.78, 5) is 27.8. The average Bonchev–Trinajstić information content (AvgIpc) is 3.02. The van der Waals surface area contributed by atoms with Crippen LogP contribution < -0.4 is 14.5 Å². The summed E-state index contributed by atoms with van der Waals surface area (Å²) in [6.07, 6.45) is 7.92. The molecule has 1 aromatic heterocycles. The predicted octanol–water partition coefficient (Wildman–Crippen LogP) is 5.99. The van der Waals surface area contributed by atoms with E-state index in [-0.39, 0.29) is 53.5 Å². The lowest BCUT2D eigenvalue weighted by atomic mass is 9.88. The maximum absolute atomic E-state index is 15.3. The van der Waals surface area contributed by atoms with Crippen LogP contribution in [0.15, 0.2) is 36.5 Å². The fourth-order valence-corrected chi connectivity index (χ4v) is 6.63. The predicted molar refractivity (Wildman–Crippen MR) is 160 cm³/mol. The second kappa shape index (κ2) is 12.5. The van der Waals surface area contributed by atoms with Gasteiger partial charge in [-0.2, -0.15) is 0 Å². The Morgan fingerprint density at radius 3 is 2.42 bits per heavy atom. The molecule has 228 valence electrons. The first-order chi connectivity index (χ1) is 20.8. The Labute approximate surface area is 250 Å². The molecular weight excluding hydrogens is 555 g/mol. The van der Waals surface area contributed by atoms with E-state index in [1.165, 1.54) is 12.1 Å². The first-order valence-corrected chi connectivity index (χ1v) is 15.3. The van der Waals surface area contributed by atoms with E-state index < -0.39 is 11.6 Å². The van der Waals surface area contributed by atoms with Gasteiger partial charge in [0.15, 0.2) is 17.4 Å². The van der Waals surface area contributed by atoms with Gasteiger partial charge in [0.05, 0.1) is 24.1 Å². The van der Waals surface area contributed by atoms with Gasteiger partial charge in [-0.3, -0.25) is 4.79 Å². The summed E-state index contributed by atoms with van der Waals surface area (Å²) in [6, 6.07) is 8.34. The van der Waals surface area contributed by atoms with E-state index in [2.05, 4.69) is 33.9 Å². The molecule has 43 heavy (non-hydrogen) atoms. The molecule has 2 fully saturated rings. The number of hydrogen-bond donors (Lipinski definition) is 0. The Balaban J connectivity index is 1.23.